The molecule has 2 aromatic carbocycles. The first-order valence-corrected chi connectivity index (χ1v) is 7.72. The SMILES string of the molecule is O=C(O)c1cccc(S(=O)(=O)Cc2ccc(Cl)cc2)c1. The smallest absolute Gasteiger partial charge is 0.335 e. The lowest BCUT2D eigenvalue weighted by Gasteiger charge is -2.06. The summed E-state index contributed by atoms with van der Waals surface area (Å²) in [5, 5.41) is 9.41. The van der Waals surface area contributed by atoms with Crippen LogP contribution in [0.15, 0.2) is 53.4 Å². The van der Waals surface area contributed by atoms with Crippen molar-refractivity contribution in [3.8, 4) is 0 Å². The fourth-order valence-electron chi connectivity index (χ4n) is 1.71. The largest absolute Gasteiger partial charge is 0.478 e. The van der Waals surface area contributed by atoms with Crippen molar-refractivity contribution in [1.29, 1.82) is 0 Å². The summed E-state index contributed by atoms with van der Waals surface area (Å²) in [5.74, 6) is -1.36. The molecule has 0 aliphatic heterocycles. The van der Waals surface area contributed by atoms with E-state index >= 15 is 0 Å². The Morgan fingerprint density at radius 3 is 2.35 bits per heavy atom. The number of rotatable bonds is 4. The van der Waals surface area contributed by atoms with E-state index in [4.69, 9.17) is 16.7 Å². The van der Waals surface area contributed by atoms with Crippen LogP contribution in [-0.2, 0) is 15.6 Å². The average Bonchev–Trinajstić information content (AvgIpc) is 2.41. The van der Waals surface area contributed by atoms with Crippen LogP contribution in [0.2, 0.25) is 5.02 Å². The molecule has 1 N–H and O–H groups in total. The van der Waals surface area contributed by atoms with Crippen molar-refractivity contribution in [2.75, 3.05) is 0 Å². The Balaban J connectivity index is 2.33. The first kappa shape index (κ1) is 14.6. The van der Waals surface area contributed by atoms with Crippen molar-refractivity contribution >= 4 is 27.4 Å². The summed E-state index contributed by atoms with van der Waals surface area (Å²) in [5.41, 5.74) is 0.539. The van der Waals surface area contributed by atoms with E-state index in [-0.39, 0.29) is 16.2 Å². The molecule has 0 atom stereocenters. The molecule has 0 bridgehead atoms. The number of carboxylic acid groups (broad SMARTS) is 1. The Morgan fingerprint density at radius 1 is 1.10 bits per heavy atom. The van der Waals surface area contributed by atoms with E-state index in [9.17, 15) is 13.2 Å². The van der Waals surface area contributed by atoms with Crippen LogP contribution in [0.4, 0.5) is 0 Å². The number of hydrogen-bond acceptors (Lipinski definition) is 3. The fourth-order valence-corrected chi connectivity index (χ4v) is 3.22. The minimum absolute atomic E-state index is 0.00708. The Bertz CT molecular complexity index is 736. The van der Waals surface area contributed by atoms with Crippen molar-refractivity contribution in [3.05, 3.63) is 64.7 Å². The summed E-state index contributed by atoms with van der Waals surface area (Å²) in [6, 6.07) is 11.8. The van der Waals surface area contributed by atoms with Gasteiger partial charge in [0.15, 0.2) is 9.84 Å². The molecule has 104 valence electrons. The van der Waals surface area contributed by atoms with E-state index in [1.807, 2.05) is 0 Å². The number of halogens is 1. The number of hydrogen-bond donors (Lipinski definition) is 1. The van der Waals surface area contributed by atoms with Gasteiger partial charge in [0, 0.05) is 5.02 Å². The number of carbonyl (C=O) groups is 1. The predicted octanol–water partition coefficient (Wildman–Crippen LogP) is 3.01. The van der Waals surface area contributed by atoms with Gasteiger partial charge in [-0.05, 0) is 35.9 Å². The normalized spacial score (nSPS) is 11.2. The Morgan fingerprint density at radius 2 is 1.75 bits per heavy atom. The van der Waals surface area contributed by atoms with Crippen LogP contribution in [0.25, 0.3) is 0 Å². The van der Waals surface area contributed by atoms with E-state index in [1.54, 1.807) is 24.3 Å². The zero-order valence-corrected chi connectivity index (χ0v) is 11.9. The maximum atomic E-state index is 12.2. The maximum Gasteiger partial charge on any atom is 0.335 e. The van der Waals surface area contributed by atoms with E-state index in [2.05, 4.69) is 0 Å². The topological polar surface area (TPSA) is 71.4 Å². The number of aromatic carboxylic acids is 1. The van der Waals surface area contributed by atoms with Gasteiger partial charge in [-0.2, -0.15) is 0 Å². The highest BCUT2D eigenvalue weighted by atomic mass is 35.5. The highest BCUT2D eigenvalue weighted by Gasteiger charge is 2.17. The van der Waals surface area contributed by atoms with Gasteiger partial charge in [-0.1, -0.05) is 29.8 Å². The van der Waals surface area contributed by atoms with Gasteiger partial charge in [-0.15, -0.1) is 0 Å². The van der Waals surface area contributed by atoms with Gasteiger partial charge >= 0.3 is 5.97 Å². The molecule has 0 aromatic heterocycles. The zero-order chi connectivity index (χ0) is 14.8. The monoisotopic (exact) mass is 310 g/mol. The molecule has 6 heteroatoms. The van der Waals surface area contributed by atoms with Gasteiger partial charge in [-0.3, -0.25) is 0 Å². The first-order chi connectivity index (χ1) is 9.38. The number of sulfone groups is 1. The summed E-state index contributed by atoms with van der Waals surface area (Å²) in [7, 11) is -3.59. The molecule has 0 unspecified atom stereocenters. The second-order valence-electron chi connectivity index (χ2n) is 4.22. The third-order valence-corrected chi connectivity index (χ3v) is 4.65. The molecule has 2 rings (SSSR count). The molecule has 0 aliphatic carbocycles. The quantitative estimate of drug-likeness (QED) is 0.942. The lowest BCUT2D eigenvalue weighted by atomic mass is 10.2. The van der Waals surface area contributed by atoms with Gasteiger partial charge in [0.05, 0.1) is 16.2 Å². The number of carboxylic acids is 1. The van der Waals surface area contributed by atoms with Gasteiger partial charge in [-0.25, -0.2) is 13.2 Å². The Hall–Kier alpha value is -1.85. The summed E-state index contributed by atoms with van der Waals surface area (Å²) in [4.78, 5) is 10.9. The second kappa shape index (κ2) is 5.64. The summed E-state index contributed by atoms with van der Waals surface area (Å²) < 4.78 is 24.5. The van der Waals surface area contributed by atoms with Crippen LogP contribution >= 0.6 is 11.6 Å². The molecule has 0 heterocycles. The van der Waals surface area contributed by atoms with E-state index in [0.29, 0.717) is 10.6 Å². The summed E-state index contributed by atoms with van der Waals surface area (Å²) in [6.07, 6.45) is 0. The van der Waals surface area contributed by atoms with Gasteiger partial charge < -0.3 is 5.11 Å². The molecule has 2 aromatic rings. The molecule has 0 amide bonds. The lowest BCUT2D eigenvalue weighted by molar-refractivity contribution is 0.0696. The predicted molar refractivity (Wildman–Crippen MR) is 75.7 cm³/mol. The summed E-state index contributed by atoms with van der Waals surface area (Å²) >= 11 is 5.74. The van der Waals surface area contributed by atoms with Crippen LogP contribution in [-0.4, -0.2) is 19.5 Å². The third-order valence-electron chi connectivity index (χ3n) is 2.71. The van der Waals surface area contributed by atoms with Crippen molar-refractivity contribution in [2.24, 2.45) is 0 Å². The summed E-state index contributed by atoms with van der Waals surface area (Å²) in [6.45, 7) is 0. The molecule has 20 heavy (non-hydrogen) atoms. The van der Waals surface area contributed by atoms with Gasteiger partial charge in [0.2, 0.25) is 0 Å². The molecule has 0 saturated carbocycles. The standard InChI is InChI=1S/C14H11ClO4S/c15-12-6-4-10(5-7-12)9-20(18,19)13-3-1-2-11(8-13)14(16)17/h1-8H,9H2,(H,16,17). The highest BCUT2D eigenvalue weighted by Crippen LogP contribution is 2.19. The van der Waals surface area contributed by atoms with E-state index < -0.39 is 15.8 Å². The zero-order valence-electron chi connectivity index (χ0n) is 10.3. The fraction of sp³-hybridized carbons (Fsp3) is 0.0714. The molecular formula is C14H11ClO4S. The average molecular weight is 311 g/mol. The van der Waals surface area contributed by atoms with Crippen LogP contribution in [0, 0.1) is 0 Å². The van der Waals surface area contributed by atoms with Crippen LogP contribution < -0.4 is 0 Å². The minimum atomic E-state index is -3.59. The molecule has 0 aliphatic rings. The van der Waals surface area contributed by atoms with Crippen LogP contribution in [0.3, 0.4) is 0 Å². The first-order valence-electron chi connectivity index (χ1n) is 5.69. The Kier molecular flexibility index (Phi) is 4.11. The highest BCUT2D eigenvalue weighted by molar-refractivity contribution is 7.90. The maximum absolute atomic E-state index is 12.2. The van der Waals surface area contributed by atoms with Crippen molar-refractivity contribution < 1.29 is 18.3 Å². The molecule has 4 nitrogen and oxygen atoms in total. The van der Waals surface area contributed by atoms with Gasteiger partial charge in [0.25, 0.3) is 0 Å². The molecular weight excluding hydrogens is 300 g/mol. The van der Waals surface area contributed by atoms with E-state index in [0.717, 1.165) is 6.07 Å². The third kappa shape index (κ3) is 3.37. The van der Waals surface area contributed by atoms with Crippen LogP contribution in [0.1, 0.15) is 15.9 Å². The molecule has 0 radical (unpaired) electrons. The Labute approximate surface area is 121 Å². The second-order valence-corrected chi connectivity index (χ2v) is 6.64. The molecule has 0 saturated heterocycles. The van der Waals surface area contributed by atoms with Crippen molar-refractivity contribution in [1.82, 2.24) is 0 Å². The molecule has 0 fully saturated rings. The van der Waals surface area contributed by atoms with Gasteiger partial charge in [0.1, 0.15) is 0 Å². The minimum Gasteiger partial charge on any atom is -0.478 e. The molecule has 0 spiro atoms. The van der Waals surface area contributed by atoms with Crippen molar-refractivity contribution in [3.63, 3.8) is 0 Å². The van der Waals surface area contributed by atoms with E-state index in [1.165, 1.54) is 18.2 Å². The van der Waals surface area contributed by atoms with Crippen LogP contribution in [0.5, 0.6) is 0 Å². The number of benzene rings is 2. The van der Waals surface area contributed by atoms with Crippen molar-refractivity contribution in [2.45, 2.75) is 10.6 Å². The lowest BCUT2D eigenvalue weighted by Crippen LogP contribution is -2.06.